The number of para-hydroxylation sites is 1. The molecule has 0 spiro atoms. The van der Waals surface area contributed by atoms with Crippen molar-refractivity contribution >= 4 is 12.6 Å². The Morgan fingerprint density at radius 2 is 1.60 bits per heavy atom. The second kappa shape index (κ2) is 5.08. The summed E-state index contributed by atoms with van der Waals surface area (Å²) in [5.41, 5.74) is 1.48. The summed E-state index contributed by atoms with van der Waals surface area (Å²) in [6.07, 6.45) is 0. The minimum atomic E-state index is -0.381. The lowest BCUT2D eigenvalue weighted by Gasteiger charge is -2.32. The molecule has 0 radical (unpaired) electrons. The second-order valence-electron chi connectivity index (χ2n) is 6.71. The molecule has 2 rings (SSSR count). The summed E-state index contributed by atoms with van der Waals surface area (Å²) in [5, 5.41) is 0. The van der Waals surface area contributed by atoms with Crippen molar-refractivity contribution in [1.82, 2.24) is 0 Å². The van der Waals surface area contributed by atoms with Gasteiger partial charge in [-0.15, -0.1) is 0 Å². The highest BCUT2D eigenvalue weighted by Crippen LogP contribution is 2.37. The molecule has 0 atom stereocenters. The van der Waals surface area contributed by atoms with Crippen LogP contribution in [0.25, 0.3) is 0 Å². The average Bonchev–Trinajstić information content (AvgIpc) is 2.57. The summed E-state index contributed by atoms with van der Waals surface area (Å²) < 4.78 is 17.9. The first-order valence-corrected chi connectivity index (χ1v) is 7.22. The van der Waals surface area contributed by atoms with Crippen molar-refractivity contribution < 1.29 is 14.0 Å². The van der Waals surface area contributed by atoms with Crippen molar-refractivity contribution in [3.8, 4) is 5.75 Å². The lowest BCUT2D eigenvalue weighted by molar-refractivity contribution is 0.00578. The Bertz CT molecular complexity index is 478. The standard InChI is InChI=1S/C16H25BO3/c1-11(2)12-9-8-10-13(14(12)18-7)17-19-15(3,4)16(5,6)20-17/h8-11H,1-7H3. The van der Waals surface area contributed by atoms with Gasteiger partial charge >= 0.3 is 7.12 Å². The molecule has 0 amide bonds. The SMILES string of the molecule is COc1c(B2OC(C)(C)C(C)(C)O2)cccc1C(C)C. The molecule has 1 heterocycles. The number of hydrogen-bond acceptors (Lipinski definition) is 3. The Balaban J connectivity index is 2.43. The van der Waals surface area contributed by atoms with Crippen LogP contribution in [0, 0.1) is 0 Å². The molecule has 0 saturated carbocycles. The molecule has 1 saturated heterocycles. The van der Waals surface area contributed by atoms with Crippen LogP contribution in [0.3, 0.4) is 0 Å². The van der Waals surface area contributed by atoms with Crippen LogP contribution in [0.15, 0.2) is 18.2 Å². The molecule has 1 aliphatic rings. The van der Waals surface area contributed by atoms with Gasteiger partial charge in [0, 0.05) is 5.46 Å². The lowest BCUT2D eigenvalue weighted by Crippen LogP contribution is -2.41. The highest BCUT2D eigenvalue weighted by atomic mass is 16.7. The van der Waals surface area contributed by atoms with E-state index in [9.17, 15) is 0 Å². The first-order chi connectivity index (χ1) is 9.19. The Kier molecular flexibility index (Phi) is 3.91. The number of methoxy groups -OCH3 is 1. The minimum absolute atomic E-state index is 0.337. The van der Waals surface area contributed by atoms with Gasteiger partial charge in [-0.25, -0.2) is 0 Å². The minimum Gasteiger partial charge on any atom is -0.497 e. The molecule has 0 aliphatic carbocycles. The lowest BCUT2D eigenvalue weighted by atomic mass is 9.76. The van der Waals surface area contributed by atoms with E-state index in [-0.39, 0.29) is 18.3 Å². The van der Waals surface area contributed by atoms with Crippen LogP contribution in [0.4, 0.5) is 0 Å². The van der Waals surface area contributed by atoms with Crippen molar-refractivity contribution in [3.63, 3.8) is 0 Å². The summed E-state index contributed by atoms with van der Waals surface area (Å²) in [4.78, 5) is 0. The maximum Gasteiger partial charge on any atom is 0.498 e. The molecule has 110 valence electrons. The maximum atomic E-state index is 6.13. The van der Waals surface area contributed by atoms with E-state index < -0.39 is 0 Å². The smallest absolute Gasteiger partial charge is 0.497 e. The fraction of sp³-hybridized carbons (Fsp3) is 0.625. The Hall–Kier alpha value is -0.995. The van der Waals surface area contributed by atoms with E-state index in [2.05, 4.69) is 47.6 Å². The average molecular weight is 276 g/mol. The van der Waals surface area contributed by atoms with Crippen LogP contribution in [0.2, 0.25) is 0 Å². The number of hydrogen-bond donors (Lipinski definition) is 0. The molecule has 0 unspecified atom stereocenters. The Morgan fingerprint density at radius 3 is 2.05 bits per heavy atom. The molecular formula is C16H25BO3. The number of benzene rings is 1. The Labute approximate surface area is 122 Å². The zero-order valence-corrected chi connectivity index (χ0v) is 13.6. The van der Waals surface area contributed by atoms with Gasteiger partial charge in [-0.3, -0.25) is 0 Å². The van der Waals surface area contributed by atoms with E-state index in [4.69, 9.17) is 14.0 Å². The molecule has 0 bridgehead atoms. The quantitative estimate of drug-likeness (QED) is 0.794. The van der Waals surface area contributed by atoms with Crippen molar-refractivity contribution in [3.05, 3.63) is 23.8 Å². The van der Waals surface area contributed by atoms with Crippen LogP contribution >= 0.6 is 0 Å². The number of rotatable bonds is 3. The molecule has 1 aromatic rings. The van der Waals surface area contributed by atoms with Gasteiger partial charge in [0.2, 0.25) is 0 Å². The van der Waals surface area contributed by atoms with Crippen LogP contribution < -0.4 is 10.2 Å². The molecule has 3 nitrogen and oxygen atoms in total. The normalized spacial score (nSPS) is 20.5. The van der Waals surface area contributed by atoms with Gasteiger partial charge in [0.15, 0.2) is 0 Å². The summed E-state index contributed by atoms with van der Waals surface area (Å²) in [6.45, 7) is 12.6. The monoisotopic (exact) mass is 276 g/mol. The highest BCUT2D eigenvalue weighted by Gasteiger charge is 2.52. The van der Waals surface area contributed by atoms with Crippen LogP contribution in [-0.2, 0) is 9.31 Å². The fourth-order valence-corrected chi connectivity index (χ4v) is 2.42. The third-order valence-electron chi connectivity index (χ3n) is 4.41. The first-order valence-electron chi connectivity index (χ1n) is 7.22. The molecule has 20 heavy (non-hydrogen) atoms. The molecule has 1 aliphatic heterocycles. The van der Waals surface area contributed by atoms with Crippen LogP contribution in [0.1, 0.15) is 53.0 Å². The topological polar surface area (TPSA) is 27.7 Å². The summed E-state index contributed by atoms with van der Waals surface area (Å²) in [5.74, 6) is 1.27. The second-order valence-corrected chi connectivity index (χ2v) is 6.71. The molecule has 0 aromatic heterocycles. The highest BCUT2D eigenvalue weighted by molar-refractivity contribution is 6.63. The largest absolute Gasteiger partial charge is 0.498 e. The van der Waals surface area contributed by atoms with Gasteiger partial charge in [0.05, 0.1) is 18.3 Å². The molecular weight excluding hydrogens is 251 g/mol. The summed E-state index contributed by atoms with van der Waals surface area (Å²) in [7, 11) is 1.32. The fourth-order valence-electron chi connectivity index (χ4n) is 2.42. The van der Waals surface area contributed by atoms with Gasteiger partial charge in [-0.05, 0) is 39.2 Å². The van der Waals surface area contributed by atoms with E-state index in [0.29, 0.717) is 5.92 Å². The van der Waals surface area contributed by atoms with Gasteiger partial charge in [-0.1, -0.05) is 32.0 Å². The van der Waals surface area contributed by atoms with Gasteiger partial charge in [0.25, 0.3) is 0 Å². The maximum absolute atomic E-state index is 6.13. The van der Waals surface area contributed by atoms with Crippen molar-refractivity contribution in [2.24, 2.45) is 0 Å². The van der Waals surface area contributed by atoms with Crippen molar-refractivity contribution in [1.29, 1.82) is 0 Å². The predicted molar refractivity (Wildman–Crippen MR) is 82.8 cm³/mol. The van der Waals surface area contributed by atoms with Gasteiger partial charge in [-0.2, -0.15) is 0 Å². The van der Waals surface area contributed by atoms with Crippen LogP contribution in [0.5, 0.6) is 5.75 Å². The first kappa shape index (κ1) is 15.4. The molecule has 0 N–H and O–H groups in total. The summed E-state index contributed by atoms with van der Waals surface area (Å²) >= 11 is 0. The molecule has 1 fully saturated rings. The van der Waals surface area contributed by atoms with E-state index in [1.54, 1.807) is 7.11 Å². The zero-order valence-electron chi connectivity index (χ0n) is 13.6. The number of ether oxygens (including phenoxy) is 1. The third kappa shape index (κ3) is 2.47. The molecule has 1 aromatic carbocycles. The molecule has 4 heteroatoms. The predicted octanol–water partition coefficient (Wildman–Crippen LogP) is 3.12. The van der Waals surface area contributed by atoms with Crippen LogP contribution in [-0.4, -0.2) is 25.4 Å². The van der Waals surface area contributed by atoms with Crippen molar-refractivity contribution in [2.45, 2.75) is 58.7 Å². The third-order valence-corrected chi connectivity index (χ3v) is 4.41. The van der Waals surface area contributed by atoms with E-state index in [1.165, 1.54) is 5.56 Å². The Morgan fingerprint density at radius 1 is 1.05 bits per heavy atom. The van der Waals surface area contributed by atoms with E-state index in [1.807, 2.05) is 12.1 Å². The van der Waals surface area contributed by atoms with Crippen molar-refractivity contribution in [2.75, 3.05) is 7.11 Å². The van der Waals surface area contributed by atoms with E-state index in [0.717, 1.165) is 11.2 Å². The van der Waals surface area contributed by atoms with Gasteiger partial charge < -0.3 is 14.0 Å². The summed E-state index contributed by atoms with van der Waals surface area (Å²) in [6, 6.07) is 6.16. The zero-order chi connectivity index (χ0) is 15.1. The van der Waals surface area contributed by atoms with Gasteiger partial charge in [0.1, 0.15) is 5.75 Å². The van der Waals surface area contributed by atoms with E-state index >= 15 is 0 Å².